The van der Waals surface area contributed by atoms with Gasteiger partial charge in [0.1, 0.15) is 4.88 Å². The normalized spacial score (nSPS) is 17.4. The van der Waals surface area contributed by atoms with Crippen LogP contribution in [-0.4, -0.2) is 19.3 Å². The number of hydrogen-bond donors (Lipinski definition) is 0. The summed E-state index contributed by atoms with van der Waals surface area (Å²) in [7, 11) is 0. The minimum atomic E-state index is -0.225. The van der Waals surface area contributed by atoms with Crippen molar-refractivity contribution in [2.24, 2.45) is 0 Å². The first-order valence-electron chi connectivity index (χ1n) is 5.84. The second-order valence-corrected chi connectivity index (χ2v) is 5.50. The molecule has 0 aliphatic heterocycles. The average Bonchev–Trinajstić information content (AvgIpc) is 2.85. The van der Waals surface area contributed by atoms with E-state index < -0.39 is 0 Å². The van der Waals surface area contributed by atoms with Crippen molar-refractivity contribution < 1.29 is 9.53 Å². The van der Waals surface area contributed by atoms with Gasteiger partial charge >= 0.3 is 5.97 Å². The van der Waals surface area contributed by atoms with Gasteiger partial charge in [-0.05, 0) is 37.2 Å². The highest BCUT2D eigenvalue weighted by molar-refractivity contribution is 7.14. The molecule has 0 saturated carbocycles. The summed E-state index contributed by atoms with van der Waals surface area (Å²) in [6, 6.07) is 1.93. The molecule has 0 radical (unpaired) electrons. The first-order chi connectivity index (χ1) is 8.15. The SMILES string of the molecule is CCOC(=O)c1cc2c(s1)CC(B(C)C#N)C2. The standard InChI is InChI=1S/C12H14BNO2S/c1-3-16-12(15)11-5-8-4-9(13(2)7-14)6-10(8)17-11/h5,9H,3-4,6H2,1-2H3. The van der Waals surface area contributed by atoms with Crippen LogP contribution < -0.4 is 0 Å². The minimum absolute atomic E-state index is 0.0839. The Bertz CT molecular complexity index is 454. The largest absolute Gasteiger partial charge is 0.462 e. The lowest BCUT2D eigenvalue weighted by atomic mass is 9.44. The Morgan fingerprint density at radius 3 is 3.06 bits per heavy atom. The van der Waals surface area contributed by atoms with E-state index in [-0.39, 0.29) is 12.7 Å². The number of fused-ring (bicyclic) bond motifs is 1. The maximum Gasteiger partial charge on any atom is 0.348 e. The molecule has 1 aromatic heterocycles. The Balaban J connectivity index is 2.09. The van der Waals surface area contributed by atoms with E-state index in [1.165, 1.54) is 21.8 Å². The summed E-state index contributed by atoms with van der Waals surface area (Å²) in [4.78, 5) is 13.5. The summed E-state index contributed by atoms with van der Waals surface area (Å²) < 4.78 is 4.98. The highest BCUT2D eigenvalue weighted by Crippen LogP contribution is 2.38. The zero-order valence-electron chi connectivity index (χ0n) is 10.0. The van der Waals surface area contributed by atoms with E-state index in [1.807, 2.05) is 19.8 Å². The third-order valence-corrected chi connectivity index (χ3v) is 4.39. The van der Waals surface area contributed by atoms with Gasteiger partial charge in [-0.25, -0.2) is 10.1 Å². The van der Waals surface area contributed by atoms with Gasteiger partial charge in [-0.2, -0.15) is 0 Å². The Morgan fingerprint density at radius 1 is 1.71 bits per heavy atom. The molecule has 1 aliphatic carbocycles. The van der Waals surface area contributed by atoms with E-state index in [0.717, 1.165) is 12.8 Å². The molecule has 0 bridgehead atoms. The summed E-state index contributed by atoms with van der Waals surface area (Å²) in [5.41, 5.74) is 1.23. The molecule has 2 rings (SSSR count). The van der Waals surface area contributed by atoms with Crippen LogP contribution in [0.1, 0.15) is 27.0 Å². The lowest BCUT2D eigenvalue weighted by Gasteiger charge is -2.07. The number of hydrogen-bond acceptors (Lipinski definition) is 4. The lowest BCUT2D eigenvalue weighted by Crippen LogP contribution is -2.14. The van der Waals surface area contributed by atoms with E-state index in [0.29, 0.717) is 17.3 Å². The molecule has 1 unspecified atom stereocenters. The molecule has 0 fully saturated rings. The van der Waals surface area contributed by atoms with Crippen molar-refractivity contribution in [1.82, 2.24) is 0 Å². The Morgan fingerprint density at radius 2 is 2.47 bits per heavy atom. The van der Waals surface area contributed by atoms with Crippen molar-refractivity contribution in [1.29, 1.82) is 5.26 Å². The molecular formula is C12H14BNO2S. The zero-order chi connectivity index (χ0) is 12.4. The molecule has 1 aromatic rings. The van der Waals surface area contributed by atoms with Crippen molar-refractivity contribution in [2.45, 2.75) is 32.4 Å². The summed E-state index contributed by atoms with van der Waals surface area (Å²) >= 11 is 1.52. The molecule has 88 valence electrons. The van der Waals surface area contributed by atoms with E-state index in [1.54, 1.807) is 0 Å². The van der Waals surface area contributed by atoms with Crippen LogP contribution in [-0.2, 0) is 17.6 Å². The highest BCUT2D eigenvalue weighted by Gasteiger charge is 2.31. The number of thiophene rings is 1. The number of nitrogens with zero attached hydrogens (tertiary/aromatic N) is 1. The van der Waals surface area contributed by atoms with Crippen molar-refractivity contribution in [3.8, 4) is 5.97 Å². The van der Waals surface area contributed by atoms with Gasteiger partial charge in [0.15, 0.2) is 0 Å². The molecule has 1 aliphatic rings. The fraction of sp³-hybridized carbons (Fsp3) is 0.500. The van der Waals surface area contributed by atoms with E-state index in [9.17, 15) is 4.79 Å². The Kier molecular flexibility index (Phi) is 3.53. The average molecular weight is 247 g/mol. The van der Waals surface area contributed by atoms with Crippen LogP contribution in [0.3, 0.4) is 0 Å². The first kappa shape index (κ1) is 12.2. The number of carbonyl (C=O) groups excluding carboxylic acids is 1. The summed E-state index contributed by atoms with van der Waals surface area (Å²) in [6.45, 7) is 4.27. The highest BCUT2D eigenvalue weighted by atomic mass is 32.1. The smallest absolute Gasteiger partial charge is 0.348 e. The van der Waals surface area contributed by atoms with Crippen LogP contribution in [0.4, 0.5) is 0 Å². The summed E-state index contributed by atoms with van der Waals surface area (Å²) in [5, 5.41) is 8.90. The van der Waals surface area contributed by atoms with Gasteiger partial charge in [0.2, 0.25) is 0 Å². The quantitative estimate of drug-likeness (QED) is 0.609. The third kappa shape index (κ3) is 2.37. The van der Waals surface area contributed by atoms with Crippen molar-refractivity contribution in [3.63, 3.8) is 0 Å². The second kappa shape index (κ2) is 4.93. The predicted octanol–water partition coefficient (Wildman–Crippen LogP) is 2.58. The maximum atomic E-state index is 11.6. The van der Waals surface area contributed by atoms with Crippen LogP contribution in [0, 0.1) is 11.2 Å². The van der Waals surface area contributed by atoms with Crippen LogP contribution in [0.2, 0.25) is 12.6 Å². The number of rotatable bonds is 3. The number of carbonyl (C=O) groups is 1. The molecule has 3 nitrogen and oxygen atoms in total. The molecule has 0 saturated heterocycles. The second-order valence-electron chi connectivity index (χ2n) is 4.37. The van der Waals surface area contributed by atoms with Gasteiger partial charge in [-0.15, -0.1) is 11.3 Å². The predicted molar refractivity (Wildman–Crippen MR) is 68.7 cm³/mol. The van der Waals surface area contributed by atoms with E-state index in [4.69, 9.17) is 10.00 Å². The van der Waals surface area contributed by atoms with Crippen molar-refractivity contribution in [2.75, 3.05) is 6.61 Å². The van der Waals surface area contributed by atoms with E-state index >= 15 is 0 Å². The molecule has 0 amide bonds. The van der Waals surface area contributed by atoms with Crippen molar-refractivity contribution in [3.05, 3.63) is 21.4 Å². The number of esters is 1. The first-order valence-corrected chi connectivity index (χ1v) is 6.65. The monoisotopic (exact) mass is 247 g/mol. The van der Waals surface area contributed by atoms with Crippen LogP contribution in [0.15, 0.2) is 6.07 Å². The Labute approximate surface area is 105 Å². The van der Waals surface area contributed by atoms with Gasteiger partial charge in [0, 0.05) is 10.8 Å². The van der Waals surface area contributed by atoms with Crippen molar-refractivity contribution >= 4 is 24.0 Å². The lowest BCUT2D eigenvalue weighted by molar-refractivity contribution is 0.0532. The molecule has 0 spiro atoms. The zero-order valence-corrected chi connectivity index (χ0v) is 10.8. The number of ether oxygens (including phenoxy) is 1. The van der Waals surface area contributed by atoms with Crippen LogP contribution >= 0.6 is 11.3 Å². The van der Waals surface area contributed by atoms with Gasteiger partial charge in [-0.1, -0.05) is 6.82 Å². The van der Waals surface area contributed by atoms with Gasteiger partial charge in [0.25, 0.3) is 6.71 Å². The van der Waals surface area contributed by atoms with Gasteiger partial charge < -0.3 is 4.74 Å². The summed E-state index contributed by atoms with van der Waals surface area (Å²) in [5.74, 6) is 2.49. The topological polar surface area (TPSA) is 50.1 Å². The Hall–Kier alpha value is -1.28. The molecule has 17 heavy (non-hydrogen) atoms. The van der Waals surface area contributed by atoms with Crippen LogP contribution in [0.25, 0.3) is 0 Å². The fourth-order valence-corrected chi connectivity index (χ4v) is 3.35. The fourth-order valence-electron chi connectivity index (χ4n) is 2.17. The molecule has 1 heterocycles. The third-order valence-electron chi connectivity index (χ3n) is 3.21. The van der Waals surface area contributed by atoms with Gasteiger partial charge in [-0.3, -0.25) is 0 Å². The molecular weight excluding hydrogens is 233 g/mol. The summed E-state index contributed by atoms with van der Waals surface area (Å²) in [6.07, 6.45) is 1.84. The maximum absolute atomic E-state index is 11.6. The molecule has 0 N–H and O–H groups in total. The van der Waals surface area contributed by atoms with Gasteiger partial charge in [0.05, 0.1) is 6.61 Å². The minimum Gasteiger partial charge on any atom is -0.462 e. The molecule has 0 aromatic carbocycles. The molecule has 5 heteroatoms. The van der Waals surface area contributed by atoms with Crippen LogP contribution in [0.5, 0.6) is 0 Å². The number of nitriles is 1. The molecule has 1 atom stereocenters. The van der Waals surface area contributed by atoms with E-state index in [2.05, 4.69) is 5.97 Å².